The largest absolute Gasteiger partial charge is 0.506 e. The van der Waals surface area contributed by atoms with Crippen molar-refractivity contribution in [3.63, 3.8) is 0 Å². The van der Waals surface area contributed by atoms with Crippen LogP contribution in [0, 0.1) is 5.92 Å². The first-order valence-corrected chi connectivity index (χ1v) is 5.80. The molecule has 3 N–H and O–H groups in total. The average Bonchev–Trinajstić information content (AvgIpc) is 2.38. The van der Waals surface area contributed by atoms with E-state index in [1.165, 1.54) is 18.5 Å². The molecule has 1 aromatic heterocycles. The summed E-state index contributed by atoms with van der Waals surface area (Å²) in [4.78, 5) is 28.6. The lowest BCUT2D eigenvalue weighted by molar-refractivity contribution is -0.123. The third kappa shape index (κ3) is 2.58. The number of piperidine rings is 1. The molecule has 1 aromatic rings. The van der Waals surface area contributed by atoms with Crippen molar-refractivity contribution in [3.05, 3.63) is 24.0 Å². The quantitative estimate of drug-likeness (QED) is 0.778. The highest BCUT2D eigenvalue weighted by molar-refractivity contribution is 5.94. The standard InChI is InChI=1S/C12H15N3O3/c13-11(17)8-2-1-3-15(7-8)12(18)9-4-10(16)6-14-5-9/h4-6,8,16H,1-3,7H2,(H2,13,17). The number of hydrogen-bond acceptors (Lipinski definition) is 4. The Morgan fingerprint density at radius 2 is 2.22 bits per heavy atom. The second-order valence-corrected chi connectivity index (χ2v) is 4.42. The highest BCUT2D eigenvalue weighted by atomic mass is 16.3. The Morgan fingerprint density at radius 3 is 2.89 bits per heavy atom. The first-order valence-electron chi connectivity index (χ1n) is 5.80. The minimum atomic E-state index is -0.374. The number of nitrogens with two attached hydrogens (primary N) is 1. The number of aromatic hydroxyl groups is 1. The molecule has 1 aliphatic heterocycles. The van der Waals surface area contributed by atoms with Gasteiger partial charge in [0.15, 0.2) is 0 Å². The van der Waals surface area contributed by atoms with Crippen molar-refractivity contribution < 1.29 is 14.7 Å². The van der Waals surface area contributed by atoms with Crippen LogP contribution in [0.3, 0.4) is 0 Å². The highest BCUT2D eigenvalue weighted by Gasteiger charge is 2.27. The molecule has 96 valence electrons. The van der Waals surface area contributed by atoms with Crippen LogP contribution in [-0.2, 0) is 4.79 Å². The molecule has 1 fully saturated rings. The summed E-state index contributed by atoms with van der Waals surface area (Å²) in [5.41, 5.74) is 5.58. The number of carbonyl (C=O) groups is 2. The maximum Gasteiger partial charge on any atom is 0.255 e. The van der Waals surface area contributed by atoms with Gasteiger partial charge >= 0.3 is 0 Å². The Kier molecular flexibility index (Phi) is 3.45. The SMILES string of the molecule is NC(=O)C1CCCN(C(=O)c2cncc(O)c2)C1. The van der Waals surface area contributed by atoms with E-state index in [1.807, 2.05) is 0 Å². The van der Waals surface area contributed by atoms with Gasteiger partial charge in [0, 0.05) is 19.3 Å². The van der Waals surface area contributed by atoms with Crippen LogP contribution in [0.1, 0.15) is 23.2 Å². The number of nitrogens with zero attached hydrogens (tertiary/aromatic N) is 2. The van der Waals surface area contributed by atoms with E-state index < -0.39 is 0 Å². The van der Waals surface area contributed by atoms with Crippen molar-refractivity contribution in [2.45, 2.75) is 12.8 Å². The van der Waals surface area contributed by atoms with Gasteiger partial charge in [-0.3, -0.25) is 14.6 Å². The van der Waals surface area contributed by atoms with Gasteiger partial charge in [0.2, 0.25) is 5.91 Å². The lowest BCUT2D eigenvalue weighted by atomic mass is 9.97. The van der Waals surface area contributed by atoms with E-state index in [1.54, 1.807) is 4.90 Å². The molecule has 0 aliphatic carbocycles. The van der Waals surface area contributed by atoms with E-state index in [-0.39, 0.29) is 23.5 Å². The Labute approximate surface area is 104 Å². The van der Waals surface area contributed by atoms with Crippen LogP contribution in [-0.4, -0.2) is 39.9 Å². The molecule has 1 saturated heterocycles. The first-order chi connectivity index (χ1) is 8.58. The Hall–Kier alpha value is -2.11. The number of carbonyl (C=O) groups excluding carboxylic acids is 2. The molecule has 2 heterocycles. The third-order valence-electron chi connectivity index (χ3n) is 3.08. The summed E-state index contributed by atoms with van der Waals surface area (Å²) in [6.45, 7) is 0.933. The number of aromatic nitrogens is 1. The van der Waals surface area contributed by atoms with Crippen molar-refractivity contribution in [1.82, 2.24) is 9.88 Å². The molecule has 1 aliphatic rings. The van der Waals surface area contributed by atoms with Gasteiger partial charge in [-0.2, -0.15) is 0 Å². The highest BCUT2D eigenvalue weighted by Crippen LogP contribution is 2.19. The second-order valence-electron chi connectivity index (χ2n) is 4.42. The summed E-state index contributed by atoms with van der Waals surface area (Å²) in [7, 11) is 0. The molecule has 1 atom stereocenters. The average molecular weight is 249 g/mol. The number of primary amides is 1. The van der Waals surface area contributed by atoms with Gasteiger partial charge < -0.3 is 15.7 Å². The predicted molar refractivity (Wildman–Crippen MR) is 63.7 cm³/mol. The van der Waals surface area contributed by atoms with Crippen LogP contribution in [0.25, 0.3) is 0 Å². The summed E-state index contributed by atoms with van der Waals surface area (Å²) in [5, 5.41) is 9.29. The number of likely N-dealkylation sites (tertiary alicyclic amines) is 1. The molecule has 1 unspecified atom stereocenters. The summed E-state index contributed by atoms with van der Waals surface area (Å²) in [5.74, 6) is -0.942. The van der Waals surface area contributed by atoms with Crippen LogP contribution in [0.15, 0.2) is 18.5 Å². The minimum Gasteiger partial charge on any atom is -0.506 e. The fourth-order valence-electron chi connectivity index (χ4n) is 2.12. The van der Waals surface area contributed by atoms with E-state index >= 15 is 0 Å². The van der Waals surface area contributed by atoms with Crippen LogP contribution < -0.4 is 5.73 Å². The fourth-order valence-corrected chi connectivity index (χ4v) is 2.12. The van der Waals surface area contributed by atoms with E-state index in [2.05, 4.69) is 4.98 Å². The summed E-state index contributed by atoms with van der Waals surface area (Å²) >= 11 is 0. The van der Waals surface area contributed by atoms with Gasteiger partial charge in [-0.05, 0) is 18.9 Å². The van der Waals surface area contributed by atoms with Gasteiger partial charge in [-0.15, -0.1) is 0 Å². The van der Waals surface area contributed by atoms with E-state index in [0.29, 0.717) is 18.7 Å². The van der Waals surface area contributed by atoms with E-state index in [0.717, 1.165) is 12.8 Å². The van der Waals surface area contributed by atoms with Crippen molar-refractivity contribution in [2.24, 2.45) is 11.7 Å². The third-order valence-corrected chi connectivity index (χ3v) is 3.08. The lowest BCUT2D eigenvalue weighted by Gasteiger charge is -2.31. The van der Waals surface area contributed by atoms with Crippen molar-refractivity contribution >= 4 is 11.8 Å². The summed E-state index contributed by atoms with van der Waals surface area (Å²) in [6, 6.07) is 1.36. The smallest absolute Gasteiger partial charge is 0.255 e. The molecule has 6 nitrogen and oxygen atoms in total. The van der Waals surface area contributed by atoms with Crippen LogP contribution in [0.5, 0.6) is 5.75 Å². The Balaban J connectivity index is 2.11. The van der Waals surface area contributed by atoms with Gasteiger partial charge in [-0.25, -0.2) is 0 Å². The molecule has 0 bridgehead atoms. The molecule has 0 radical (unpaired) electrons. The summed E-state index contributed by atoms with van der Waals surface area (Å²) in [6.07, 6.45) is 4.14. The molecule has 2 rings (SSSR count). The lowest BCUT2D eigenvalue weighted by Crippen LogP contribution is -2.44. The zero-order valence-electron chi connectivity index (χ0n) is 9.87. The Morgan fingerprint density at radius 1 is 1.44 bits per heavy atom. The topological polar surface area (TPSA) is 96.5 Å². The maximum absolute atomic E-state index is 12.1. The number of hydrogen-bond donors (Lipinski definition) is 2. The van der Waals surface area contributed by atoms with E-state index in [9.17, 15) is 14.7 Å². The van der Waals surface area contributed by atoms with Crippen LogP contribution >= 0.6 is 0 Å². The van der Waals surface area contributed by atoms with Gasteiger partial charge in [0.05, 0.1) is 17.7 Å². The minimum absolute atomic E-state index is 0.0516. The predicted octanol–water partition coefficient (Wildman–Crippen LogP) is 0.125. The van der Waals surface area contributed by atoms with Gasteiger partial charge in [0.25, 0.3) is 5.91 Å². The normalized spacial score (nSPS) is 19.6. The number of pyridine rings is 1. The first kappa shape index (κ1) is 12.3. The zero-order chi connectivity index (χ0) is 13.1. The zero-order valence-corrected chi connectivity index (χ0v) is 9.87. The Bertz CT molecular complexity index is 475. The molecule has 0 spiro atoms. The van der Waals surface area contributed by atoms with Crippen LogP contribution in [0.4, 0.5) is 0 Å². The molecule has 2 amide bonds. The molecule has 0 aromatic carbocycles. The molecule has 18 heavy (non-hydrogen) atoms. The maximum atomic E-state index is 12.1. The van der Waals surface area contributed by atoms with Gasteiger partial charge in [0.1, 0.15) is 5.75 Å². The van der Waals surface area contributed by atoms with Crippen molar-refractivity contribution in [1.29, 1.82) is 0 Å². The monoisotopic (exact) mass is 249 g/mol. The van der Waals surface area contributed by atoms with Crippen molar-refractivity contribution in [2.75, 3.05) is 13.1 Å². The number of amides is 2. The molecule has 6 heteroatoms. The molecule has 0 saturated carbocycles. The van der Waals surface area contributed by atoms with Crippen LogP contribution in [0.2, 0.25) is 0 Å². The fraction of sp³-hybridized carbons (Fsp3) is 0.417. The summed E-state index contributed by atoms with van der Waals surface area (Å²) < 4.78 is 0. The second kappa shape index (κ2) is 5.03. The molecular weight excluding hydrogens is 234 g/mol. The number of rotatable bonds is 2. The van der Waals surface area contributed by atoms with E-state index in [4.69, 9.17) is 5.73 Å². The molecular formula is C12H15N3O3. The van der Waals surface area contributed by atoms with Crippen molar-refractivity contribution in [3.8, 4) is 5.75 Å². The van der Waals surface area contributed by atoms with Gasteiger partial charge in [-0.1, -0.05) is 0 Å².